The first-order valence-corrected chi connectivity index (χ1v) is 11.8. The standard InChI is InChI=1S/C19H18ClN3O3S2/c20-15-7-2-1-4-13(15)9-21-18(24)12-5-3-6-14(8-12)22-19-23-16-10-28(25,26)11-17(16)27-19/h1-8,16-17H,9-11H2,(H,21,24)(H,22,23)/t16-,17-/m1/s1. The van der Waals surface area contributed by atoms with Crippen LogP contribution in [0.1, 0.15) is 15.9 Å². The van der Waals surface area contributed by atoms with Crippen molar-refractivity contribution in [2.45, 2.75) is 17.8 Å². The van der Waals surface area contributed by atoms with Gasteiger partial charge in [-0.1, -0.05) is 47.6 Å². The van der Waals surface area contributed by atoms with E-state index in [9.17, 15) is 13.2 Å². The number of amidine groups is 1. The van der Waals surface area contributed by atoms with E-state index in [-0.39, 0.29) is 28.7 Å². The van der Waals surface area contributed by atoms with Gasteiger partial charge in [0.05, 0.1) is 17.5 Å². The molecule has 0 aliphatic carbocycles. The number of carbonyl (C=O) groups is 1. The van der Waals surface area contributed by atoms with Crippen LogP contribution < -0.4 is 10.6 Å². The van der Waals surface area contributed by atoms with Crippen LogP contribution in [0.25, 0.3) is 0 Å². The number of hydrogen-bond donors (Lipinski definition) is 2. The van der Waals surface area contributed by atoms with Crippen molar-refractivity contribution in [3.63, 3.8) is 0 Å². The zero-order chi connectivity index (χ0) is 19.7. The van der Waals surface area contributed by atoms with Gasteiger partial charge in [-0.3, -0.25) is 9.79 Å². The number of nitrogens with one attached hydrogen (secondary N) is 2. The summed E-state index contributed by atoms with van der Waals surface area (Å²) in [6.45, 7) is 0.344. The molecule has 2 heterocycles. The number of carbonyl (C=O) groups excluding carboxylic acids is 1. The third-order valence-corrected chi connectivity index (χ3v) is 8.10. The number of aliphatic imine (C=N–C) groups is 1. The van der Waals surface area contributed by atoms with Gasteiger partial charge in [-0.2, -0.15) is 0 Å². The molecule has 0 aromatic heterocycles. The Labute approximate surface area is 172 Å². The molecular weight excluding hydrogens is 418 g/mol. The Morgan fingerprint density at radius 2 is 2.00 bits per heavy atom. The molecule has 4 rings (SSSR count). The summed E-state index contributed by atoms with van der Waals surface area (Å²) in [6, 6.07) is 14.3. The molecule has 2 aromatic rings. The third kappa shape index (κ3) is 4.34. The number of thioether (sulfide) groups is 1. The normalized spacial score (nSPS) is 22.4. The van der Waals surface area contributed by atoms with Crippen LogP contribution >= 0.6 is 23.4 Å². The van der Waals surface area contributed by atoms with Crippen LogP contribution in [0, 0.1) is 0 Å². The molecule has 28 heavy (non-hydrogen) atoms. The largest absolute Gasteiger partial charge is 0.348 e. The van der Waals surface area contributed by atoms with Crippen LogP contribution in [-0.4, -0.2) is 42.3 Å². The van der Waals surface area contributed by atoms with Crippen LogP contribution in [0.2, 0.25) is 5.02 Å². The average Bonchev–Trinajstić information content (AvgIpc) is 3.13. The highest BCUT2D eigenvalue weighted by Gasteiger charge is 2.42. The Balaban J connectivity index is 1.39. The number of hydrogen-bond acceptors (Lipinski definition) is 6. The maximum absolute atomic E-state index is 12.5. The van der Waals surface area contributed by atoms with E-state index in [2.05, 4.69) is 15.6 Å². The van der Waals surface area contributed by atoms with E-state index in [1.54, 1.807) is 24.3 Å². The van der Waals surface area contributed by atoms with Crippen molar-refractivity contribution >= 4 is 50.0 Å². The molecule has 0 saturated carbocycles. The molecule has 0 spiro atoms. The van der Waals surface area contributed by atoms with Crippen LogP contribution in [0.15, 0.2) is 53.5 Å². The number of anilines is 1. The zero-order valence-corrected chi connectivity index (χ0v) is 17.2. The van der Waals surface area contributed by atoms with E-state index < -0.39 is 9.84 Å². The molecule has 1 fully saturated rings. The predicted molar refractivity (Wildman–Crippen MR) is 114 cm³/mol. The molecule has 2 aliphatic rings. The number of nitrogens with zero attached hydrogens (tertiary/aromatic N) is 1. The first kappa shape index (κ1) is 19.3. The zero-order valence-electron chi connectivity index (χ0n) is 14.8. The first-order valence-electron chi connectivity index (χ1n) is 8.73. The van der Waals surface area contributed by atoms with Gasteiger partial charge in [0, 0.05) is 28.1 Å². The van der Waals surface area contributed by atoms with Crippen molar-refractivity contribution < 1.29 is 13.2 Å². The second kappa shape index (κ2) is 7.77. The number of fused-ring (bicyclic) bond motifs is 1. The van der Waals surface area contributed by atoms with Gasteiger partial charge in [-0.25, -0.2) is 8.42 Å². The second-order valence-corrected chi connectivity index (χ2v) is 10.5. The van der Waals surface area contributed by atoms with Gasteiger partial charge in [-0.15, -0.1) is 0 Å². The van der Waals surface area contributed by atoms with Crippen molar-refractivity contribution in [1.29, 1.82) is 0 Å². The molecule has 1 amide bonds. The Morgan fingerprint density at radius 1 is 1.18 bits per heavy atom. The van der Waals surface area contributed by atoms with Crippen molar-refractivity contribution in [2.24, 2.45) is 4.99 Å². The number of rotatable bonds is 4. The third-order valence-electron chi connectivity index (χ3n) is 4.59. The van der Waals surface area contributed by atoms with Gasteiger partial charge in [0.1, 0.15) is 0 Å². The summed E-state index contributed by atoms with van der Waals surface area (Å²) in [5.41, 5.74) is 2.10. The van der Waals surface area contributed by atoms with E-state index in [0.717, 1.165) is 11.3 Å². The topological polar surface area (TPSA) is 87.6 Å². The highest BCUT2D eigenvalue weighted by molar-refractivity contribution is 8.15. The molecule has 0 bridgehead atoms. The Morgan fingerprint density at radius 3 is 2.79 bits per heavy atom. The van der Waals surface area contributed by atoms with Gasteiger partial charge in [0.15, 0.2) is 15.0 Å². The van der Waals surface area contributed by atoms with E-state index in [0.29, 0.717) is 22.3 Å². The summed E-state index contributed by atoms with van der Waals surface area (Å²) in [7, 11) is -2.97. The van der Waals surface area contributed by atoms with Gasteiger partial charge in [-0.05, 0) is 29.8 Å². The SMILES string of the molecule is O=C(NCc1ccccc1Cl)c1cccc(NC2=N[C@@H]3CS(=O)(=O)C[C@H]3S2)c1. The molecule has 1 saturated heterocycles. The highest BCUT2D eigenvalue weighted by Crippen LogP contribution is 2.34. The minimum atomic E-state index is -2.97. The predicted octanol–water partition coefficient (Wildman–Crippen LogP) is 2.95. The van der Waals surface area contributed by atoms with Crippen LogP contribution in [0.3, 0.4) is 0 Å². The smallest absolute Gasteiger partial charge is 0.251 e. The average molecular weight is 436 g/mol. The lowest BCUT2D eigenvalue weighted by atomic mass is 10.1. The van der Waals surface area contributed by atoms with Crippen molar-refractivity contribution in [3.8, 4) is 0 Å². The fourth-order valence-electron chi connectivity index (χ4n) is 3.20. The summed E-state index contributed by atoms with van der Waals surface area (Å²) in [6.07, 6.45) is 0. The minimum Gasteiger partial charge on any atom is -0.348 e. The molecule has 2 atom stereocenters. The van der Waals surface area contributed by atoms with Crippen molar-refractivity contribution in [1.82, 2.24) is 5.32 Å². The van der Waals surface area contributed by atoms with E-state index in [1.165, 1.54) is 11.8 Å². The second-order valence-electron chi connectivity index (χ2n) is 6.71. The monoisotopic (exact) mass is 435 g/mol. The van der Waals surface area contributed by atoms with E-state index in [4.69, 9.17) is 11.6 Å². The fraction of sp³-hybridized carbons (Fsp3) is 0.263. The molecule has 2 N–H and O–H groups in total. The molecular formula is C19H18ClN3O3S2. The molecule has 2 aromatic carbocycles. The summed E-state index contributed by atoms with van der Waals surface area (Å²) in [5, 5.41) is 7.34. The number of benzene rings is 2. The molecule has 0 radical (unpaired) electrons. The van der Waals surface area contributed by atoms with Gasteiger partial charge in [0.25, 0.3) is 5.91 Å². The summed E-state index contributed by atoms with van der Waals surface area (Å²) in [4.78, 5) is 16.9. The molecule has 0 unspecified atom stereocenters. The summed E-state index contributed by atoms with van der Waals surface area (Å²) >= 11 is 7.56. The molecule has 146 valence electrons. The molecule has 9 heteroatoms. The van der Waals surface area contributed by atoms with Crippen LogP contribution in [0.5, 0.6) is 0 Å². The quantitative estimate of drug-likeness (QED) is 0.770. The number of sulfone groups is 1. The van der Waals surface area contributed by atoms with Crippen molar-refractivity contribution in [3.05, 3.63) is 64.7 Å². The lowest BCUT2D eigenvalue weighted by Gasteiger charge is -2.10. The summed E-state index contributed by atoms with van der Waals surface area (Å²) in [5.74, 6) is 0.0783. The molecule has 2 aliphatic heterocycles. The Hall–Kier alpha value is -2.03. The summed E-state index contributed by atoms with van der Waals surface area (Å²) < 4.78 is 23.3. The fourth-order valence-corrected chi connectivity index (χ4v) is 7.08. The lowest BCUT2D eigenvalue weighted by molar-refractivity contribution is 0.0951. The van der Waals surface area contributed by atoms with Crippen LogP contribution in [0.4, 0.5) is 5.69 Å². The highest BCUT2D eigenvalue weighted by atomic mass is 35.5. The van der Waals surface area contributed by atoms with Gasteiger partial charge in [0.2, 0.25) is 0 Å². The maximum Gasteiger partial charge on any atom is 0.251 e. The number of amides is 1. The van der Waals surface area contributed by atoms with Gasteiger partial charge < -0.3 is 10.6 Å². The van der Waals surface area contributed by atoms with Crippen LogP contribution in [-0.2, 0) is 16.4 Å². The first-order chi connectivity index (χ1) is 13.4. The van der Waals surface area contributed by atoms with E-state index in [1.807, 2.05) is 24.3 Å². The van der Waals surface area contributed by atoms with Gasteiger partial charge >= 0.3 is 0 Å². The Bertz CT molecular complexity index is 1060. The van der Waals surface area contributed by atoms with Crippen molar-refractivity contribution in [2.75, 3.05) is 16.8 Å². The lowest BCUT2D eigenvalue weighted by Crippen LogP contribution is -2.23. The minimum absolute atomic E-state index is 0.0189. The number of halogens is 1. The molecule has 6 nitrogen and oxygen atoms in total. The van der Waals surface area contributed by atoms with E-state index >= 15 is 0 Å². The maximum atomic E-state index is 12.5. The Kier molecular flexibility index (Phi) is 5.35.